The van der Waals surface area contributed by atoms with Crippen molar-refractivity contribution in [2.75, 3.05) is 0 Å². The molecule has 1 aromatic heterocycles. The van der Waals surface area contributed by atoms with Gasteiger partial charge in [0.25, 0.3) is 0 Å². The van der Waals surface area contributed by atoms with E-state index in [2.05, 4.69) is 0 Å². The SMILES string of the molecule is [B]C(C)n1cccc1C(=O)C(C)(Cl)Cl. The highest BCUT2D eigenvalue weighted by atomic mass is 35.5. The highest BCUT2D eigenvalue weighted by molar-refractivity contribution is 6.59. The Bertz CT molecular complexity index is 341. The van der Waals surface area contributed by atoms with Gasteiger partial charge in [-0.2, -0.15) is 0 Å². The third-order valence-corrected chi connectivity index (χ3v) is 2.19. The van der Waals surface area contributed by atoms with Crippen molar-refractivity contribution in [1.82, 2.24) is 4.57 Å². The second-order valence-corrected chi connectivity index (χ2v) is 4.96. The van der Waals surface area contributed by atoms with Gasteiger partial charge in [-0.05, 0) is 25.0 Å². The van der Waals surface area contributed by atoms with Crippen molar-refractivity contribution in [1.29, 1.82) is 0 Å². The molecule has 0 saturated carbocycles. The molecule has 1 rings (SSSR count). The lowest BCUT2D eigenvalue weighted by atomic mass is 9.98. The molecule has 1 atom stereocenters. The second kappa shape index (κ2) is 3.99. The predicted octanol–water partition coefficient (Wildman–Crippen LogP) is 2.55. The average molecular weight is 230 g/mol. The molecule has 0 bridgehead atoms. The number of nitrogens with zero attached hydrogens (tertiary/aromatic N) is 1. The van der Waals surface area contributed by atoms with Gasteiger partial charge in [0.05, 0.1) is 13.5 Å². The lowest BCUT2D eigenvalue weighted by Crippen LogP contribution is -2.25. The van der Waals surface area contributed by atoms with Crippen LogP contribution in [-0.4, -0.2) is 22.5 Å². The minimum atomic E-state index is -1.41. The van der Waals surface area contributed by atoms with Crippen LogP contribution in [0.1, 0.15) is 30.3 Å². The molecule has 0 aliphatic heterocycles. The number of carbonyl (C=O) groups excluding carboxylic acids is 1. The van der Waals surface area contributed by atoms with Gasteiger partial charge >= 0.3 is 0 Å². The number of aromatic nitrogens is 1. The summed E-state index contributed by atoms with van der Waals surface area (Å²) >= 11 is 11.4. The van der Waals surface area contributed by atoms with Crippen LogP contribution in [0.3, 0.4) is 0 Å². The first-order valence-electron chi connectivity index (χ1n) is 4.19. The van der Waals surface area contributed by atoms with Crippen LogP contribution in [0.2, 0.25) is 0 Å². The maximum Gasteiger partial charge on any atom is 0.214 e. The first-order valence-corrected chi connectivity index (χ1v) is 4.94. The molecule has 0 saturated heterocycles. The predicted molar refractivity (Wildman–Crippen MR) is 59.3 cm³/mol. The summed E-state index contributed by atoms with van der Waals surface area (Å²) in [5.41, 5.74) is 0.424. The summed E-state index contributed by atoms with van der Waals surface area (Å²) in [7, 11) is 5.66. The Kier molecular flexibility index (Phi) is 3.33. The number of halogens is 2. The van der Waals surface area contributed by atoms with E-state index in [0.29, 0.717) is 5.69 Å². The van der Waals surface area contributed by atoms with Gasteiger partial charge in [-0.25, -0.2) is 0 Å². The summed E-state index contributed by atoms with van der Waals surface area (Å²) in [6.45, 7) is 3.22. The molecule has 14 heavy (non-hydrogen) atoms. The molecule has 0 N–H and O–H groups in total. The van der Waals surface area contributed by atoms with E-state index in [4.69, 9.17) is 31.0 Å². The number of ketones is 1. The van der Waals surface area contributed by atoms with Crippen molar-refractivity contribution in [3.8, 4) is 0 Å². The Hall–Kier alpha value is -0.405. The lowest BCUT2D eigenvalue weighted by Gasteiger charge is -2.16. The number of carbonyl (C=O) groups is 1. The zero-order valence-corrected chi connectivity index (χ0v) is 9.51. The highest BCUT2D eigenvalue weighted by Crippen LogP contribution is 2.26. The Labute approximate surface area is 94.6 Å². The molecule has 0 fully saturated rings. The van der Waals surface area contributed by atoms with Crippen molar-refractivity contribution < 1.29 is 4.79 Å². The number of hydrogen-bond acceptors (Lipinski definition) is 1. The van der Waals surface area contributed by atoms with E-state index >= 15 is 0 Å². The normalized spacial score (nSPS) is 14.0. The maximum atomic E-state index is 11.7. The van der Waals surface area contributed by atoms with E-state index in [9.17, 15) is 4.79 Å². The third kappa shape index (κ3) is 2.34. The van der Waals surface area contributed by atoms with Crippen molar-refractivity contribution in [3.63, 3.8) is 0 Å². The maximum absolute atomic E-state index is 11.7. The van der Waals surface area contributed by atoms with Crippen LogP contribution in [0.15, 0.2) is 18.3 Å². The van der Waals surface area contributed by atoms with Crippen LogP contribution in [0, 0.1) is 0 Å². The van der Waals surface area contributed by atoms with E-state index < -0.39 is 4.33 Å². The molecule has 0 aromatic carbocycles. The van der Waals surface area contributed by atoms with Gasteiger partial charge in [-0.15, -0.1) is 0 Å². The van der Waals surface area contributed by atoms with Crippen LogP contribution in [-0.2, 0) is 0 Å². The molecule has 1 unspecified atom stereocenters. The summed E-state index contributed by atoms with van der Waals surface area (Å²) in [5.74, 6) is -0.622. The van der Waals surface area contributed by atoms with Gasteiger partial charge in [0.15, 0.2) is 4.33 Å². The minimum Gasteiger partial charge on any atom is -0.351 e. The molecule has 2 radical (unpaired) electrons. The zero-order valence-electron chi connectivity index (χ0n) is 8.00. The summed E-state index contributed by atoms with van der Waals surface area (Å²) in [5, 5.41) is 0. The molecule has 1 aromatic rings. The van der Waals surface area contributed by atoms with E-state index in [1.165, 1.54) is 6.92 Å². The van der Waals surface area contributed by atoms with Crippen LogP contribution < -0.4 is 0 Å². The number of alkyl halides is 2. The van der Waals surface area contributed by atoms with Crippen LogP contribution in [0.5, 0.6) is 0 Å². The van der Waals surface area contributed by atoms with Gasteiger partial charge in [0.2, 0.25) is 5.78 Å². The summed E-state index contributed by atoms with van der Waals surface area (Å²) in [4.78, 5) is 11.7. The number of Topliss-reactive ketones (excluding diaryl/α,β-unsaturated/α-hetero) is 1. The number of rotatable bonds is 3. The monoisotopic (exact) mass is 229 g/mol. The molecule has 0 spiro atoms. The largest absolute Gasteiger partial charge is 0.351 e. The van der Waals surface area contributed by atoms with Crippen LogP contribution in [0.25, 0.3) is 0 Å². The topological polar surface area (TPSA) is 22.0 Å². The van der Waals surface area contributed by atoms with Crippen molar-refractivity contribution >= 4 is 36.8 Å². The zero-order chi connectivity index (χ0) is 10.9. The van der Waals surface area contributed by atoms with Crippen molar-refractivity contribution in [3.05, 3.63) is 24.0 Å². The van der Waals surface area contributed by atoms with E-state index in [1.807, 2.05) is 0 Å². The summed E-state index contributed by atoms with van der Waals surface area (Å²) in [6.07, 6.45) is 1.72. The molecule has 5 heteroatoms. The van der Waals surface area contributed by atoms with Gasteiger partial charge in [-0.1, -0.05) is 30.1 Å². The highest BCUT2D eigenvalue weighted by Gasteiger charge is 2.30. The fraction of sp³-hybridized carbons (Fsp3) is 0.444. The smallest absolute Gasteiger partial charge is 0.214 e. The van der Waals surface area contributed by atoms with Crippen molar-refractivity contribution in [2.24, 2.45) is 0 Å². The van der Waals surface area contributed by atoms with Gasteiger partial charge in [-0.3, -0.25) is 4.79 Å². The molecule has 0 aliphatic rings. The second-order valence-electron chi connectivity index (χ2n) is 3.26. The quantitative estimate of drug-likeness (QED) is 0.444. The molecule has 0 aliphatic carbocycles. The van der Waals surface area contributed by atoms with E-state index in [0.717, 1.165) is 0 Å². The Morgan fingerprint density at radius 1 is 1.64 bits per heavy atom. The first-order chi connectivity index (χ1) is 6.34. The Balaban J connectivity index is 3.08. The molecular formula is C9H10BCl2NO. The average Bonchev–Trinajstić information content (AvgIpc) is 2.48. The summed E-state index contributed by atoms with van der Waals surface area (Å²) in [6, 6.07) is 3.38. The van der Waals surface area contributed by atoms with Gasteiger partial charge in [0.1, 0.15) is 0 Å². The molecule has 74 valence electrons. The Morgan fingerprint density at radius 3 is 2.64 bits per heavy atom. The van der Waals surface area contributed by atoms with Crippen molar-refractivity contribution in [2.45, 2.75) is 24.1 Å². The van der Waals surface area contributed by atoms with E-state index in [1.54, 1.807) is 29.8 Å². The number of hydrogen-bond donors (Lipinski definition) is 0. The molecule has 2 nitrogen and oxygen atoms in total. The fourth-order valence-corrected chi connectivity index (χ4v) is 1.36. The first kappa shape index (κ1) is 11.7. The minimum absolute atomic E-state index is 0.278. The third-order valence-electron chi connectivity index (χ3n) is 1.85. The lowest BCUT2D eigenvalue weighted by molar-refractivity contribution is 0.0969. The molecule has 1 heterocycles. The molecule has 0 amide bonds. The van der Waals surface area contributed by atoms with Crippen LogP contribution in [0.4, 0.5) is 0 Å². The summed E-state index contributed by atoms with van der Waals surface area (Å²) < 4.78 is 0.219. The van der Waals surface area contributed by atoms with Gasteiger partial charge < -0.3 is 4.57 Å². The molecular weight excluding hydrogens is 220 g/mol. The standard InChI is InChI=1S/C9H10BCl2NO/c1-6(10)13-5-3-4-7(13)8(14)9(2,11)12/h3-6H,1-2H3. The van der Waals surface area contributed by atoms with Gasteiger partial charge in [0, 0.05) is 6.20 Å². The fourth-order valence-electron chi connectivity index (χ4n) is 1.17. The van der Waals surface area contributed by atoms with E-state index in [-0.39, 0.29) is 11.7 Å². The Morgan fingerprint density at radius 2 is 2.21 bits per heavy atom. The van der Waals surface area contributed by atoms with Crippen LogP contribution >= 0.6 is 23.2 Å².